The molecule has 6 heteroatoms. The second kappa shape index (κ2) is 6.54. The highest BCUT2D eigenvalue weighted by Gasteiger charge is 2.22. The minimum Gasteiger partial charge on any atom is -0.326 e. The van der Waals surface area contributed by atoms with E-state index in [0.717, 1.165) is 25.7 Å². The van der Waals surface area contributed by atoms with Crippen LogP contribution >= 0.6 is 0 Å². The number of anilines is 1. The van der Waals surface area contributed by atoms with Gasteiger partial charge in [0.05, 0.1) is 11.4 Å². The predicted molar refractivity (Wildman–Crippen MR) is 78.3 cm³/mol. The number of nitrogens with one attached hydrogen (secondary N) is 1. The molecule has 20 heavy (non-hydrogen) atoms. The van der Waals surface area contributed by atoms with Crippen LogP contribution in [0.1, 0.15) is 37.7 Å². The number of benzene rings is 1. The Kier molecular flexibility index (Phi) is 4.99. The van der Waals surface area contributed by atoms with E-state index >= 15 is 0 Å². The molecule has 1 aliphatic rings. The quantitative estimate of drug-likeness (QED) is 0.878. The molecule has 1 aliphatic carbocycles. The molecule has 0 atom stereocenters. The molecule has 4 nitrogen and oxygen atoms in total. The zero-order valence-electron chi connectivity index (χ0n) is 11.4. The lowest BCUT2D eigenvalue weighted by molar-refractivity contribution is 0.385. The Hall–Kier alpha value is -1.14. The molecule has 0 saturated heterocycles. The van der Waals surface area contributed by atoms with Gasteiger partial charge in [0, 0.05) is 12.1 Å². The molecule has 0 bridgehead atoms. The molecule has 112 valence electrons. The maximum Gasteiger partial charge on any atom is 0.233 e. The highest BCUT2D eigenvalue weighted by atomic mass is 32.2. The van der Waals surface area contributed by atoms with Crippen molar-refractivity contribution in [1.82, 2.24) is 0 Å². The van der Waals surface area contributed by atoms with Gasteiger partial charge < -0.3 is 5.73 Å². The van der Waals surface area contributed by atoms with E-state index in [9.17, 15) is 12.8 Å². The third kappa shape index (κ3) is 3.93. The maximum atomic E-state index is 13.6. The van der Waals surface area contributed by atoms with Gasteiger partial charge in [0.2, 0.25) is 10.0 Å². The fourth-order valence-electron chi connectivity index (χ4n) is 2.74. The van der Waals surface area contributed by atoms with Gasteiger partial charge in [0.1, 0.15) is 5.82 Å². The lowest BCUT2D eigenvalue weighted by Crippen LogP contribution is -2.25. The van der Waals surface area contributed by atoms with Crippen LogP contribution in [-0.2, 0) is 16.6 Å². The number of nitrogens with two attached hydrogens (primary N) is 1. The summed E-state index contributed by atoms with van der Waals surface area (Å²) in [6, 6.07) is 4.30. The summed E-state index contributed by atoms with van der Waals surface area (Å²) in [6.07, 6.45) is 5.27. The molecular weight excluding hydrogens is 279 g/mol. The van der Waals surface area contributed by atoms with Crippen LogP contribution in [-0.4, -0.2) is 14.2 Å². The van der Waals surface area contributed by atoms with Crippen LogP contribution in [0.2, 0.25) is 0 Å². The van der Waals surface area contributed by atoms with Crippen molar-refractivity contribution in [2.24, 2.45) is 11.7 Å². The number of halogens is 1. The standard InChI is InChI=1S/C14H21FN2O2S/c15-13-7-4-8-14(12(13)9-16)17-20(18,19)10-11-5-2-1-3-6-11/h4,7-8,11,17H,1-3,5-6,9-10,16H2. The van der Waals surface area contributed by atoms with Gasteiger partial charge in [0.25, 0.3) is 0 Å². The number of rotatable bonds is 5. The van der Waals surface area contributed by atoms with E-state index in [0.29, 0.717) is 0 Å². The first-order chi connectivity index (χ1) is 9.52. The van der Waals surface area contributed by atoms with E-state index in [1.165, 1.54) is 18.6 Å². The summed E-state index contributed by atoms with van der Waals surface area (Å²) in [5, 5.41) is 0. The van der Waals surface area contributed by atoms with E-state index < -0.39 is 15.8 Å². The average Bonchev–Trinajstić information content (AvgIpc) is 2.39. The van der Waals surface area contributed by atoms with Crippen molar-refractivity contribution in [3.8, 4) is 0 Å². The minimum absolute atomic E-state index is 0.0338. The van der Waals surface area contributed by atoms with Crippen LogP contribution < -0.4 is 10.5 Å². The summed E-state index contributed by atoms with van der Waals surface area (Å²) in [5.41, 5.74) is 5.94. The van der Waals surface area contributed by atoms with Gasteiger partial charge in [-0.3, -0.25) is 4.72 Å². The first kappa shape index (κ1) is 15.3. The van der Waals surface area contributed by atoms with Gasteiger partial charge in [-0.1, -0.05) is 25.3 Å². The highest BCUT2D eigenvalue weighted by molar-refractivity contribution is 7.92. The summed E-state index contributed by atoms with van der Waals surface area (Å²) in [5.74, 6) is -0.172. The van der Waals surface area contributed by atoms with Gasteiger partial charge in [-0.15, -0.1) is 0 Å². The molecule has 0 aliphatic heterocycles. The smallest absolute Gasteiger partial charge is 0.233 e. The molecule has 2 rings (SSSR count). The lowest BCUT2D eigenvalue weighted by atomic mass is 9.91. The number of sulfonamides is 1. The summed E-state index contributed by atoms with van der Waals surface area (Å²) in [6.45, 7) is -0.0338. The largest absolute Gasteiger partial charge is 0.326 e. The van der Waals surface area contributed by atoms with Gasteiger partial charge in [-0.05, 0) is 30.9 Å². The molecule has 0 heterocycles. The molecular formula is C14H21FN2O2S. The molecule has 3 N–H and O–H groups in total. The number of hydrogen-bond donors (Lipinski definition) is 2. The molecule has 1 aromatic carbocycles. The van der Waals surface area contributed by atoms with E-state index in [1.807, 2.05) is 0 Å². The van der Waals surface area contributed by atoms with Gasteiger partial charge in [0.15, 0.2) is 0 Å². The van der Waals surface area contributed by atoms with Crippen molar-refractivity contribution in [3.05, 3.63) is 29.6 Å². The zero-order valence-corrected chi connectivity index (χ0v) is 12.3. The van der Waals surface area contributed by atoms with Crippen LogP contribution in [0.15, 0.2) is 18.2 Å². The van der Waals surface area contributed by atoms with E-state index in [4.69, 9.17) is 5.73 Å². The van der Waals surface area contributed by atoms with Crippen molar-refractivity contribution < 1.29 is 12.8 Å². The first-order valence-electron chi connectivity index (χ1n) is 7.00. The maximum absolute atomic E-state index is 13.6. The Bertz CT molecular complexity index is 554. The molecule has 1 fully saturated rings. The summed E-state index contributed by atoms with van der Waals surface area (Å²) in [4.78, 5) is 0. The molecule has 1 saturated carbocycles. The highest BCUT2D eigenvalue weighted by Crippen LogP contribution is 2.26. The average molecular weight is 300 g/mol. The molecule has 0 radical (unpaired) electrons. The van der Waals surface area contributed by atoms with Crippen LogP contribution in [0, 0.1) is 11.7 Å². The van der Waals surface area contributed by atoms with E-state index in [2.05, 4.69) is 4.72 Å². The van der Waals surface area contributed by atoms with Gasteiger partial charge in [-0.2, -0.15) is 0 Å². The second-order valence-electron chi connectivity index (χ2n) is 5.36. The Morgan fingerprint density at radius 3 is 2.60 bits per heavy atom. The second-order valence-corrected chi connectivity index (χ2v) is 7.12. The zero-order chi connectivity index (χ0) is 14.6. The fourth-order valence-corrected chi connectivity index (χ4v) is 4.30. The molecule has 0 unspecified atom stereocenters. The van der Waals surface area contributed by atoms with Crippen LogP contribution in [0.4, 0.5) is 10.1 Å². The SMILES string of the molecule is NCc1c(F)cccc1NS(=O)(=O)CC1CCCCC1. The molecule has 0 amide bonds. The summed E-state index contributed by atoms with van der Waals surface area (Å²) in [7, 11) is -3.46. The van der Waals surface area contributed by atoms with E-state index in [-0.39, 0.29) is 29.5 Å². The summed E-state index contributed by atoms with van der Waals surface area (Å²) >= 11 is 0. The van der Waals surface area contributed by atoms with Crippen molar-refractivity contribution in [2.75, 3.05) is 10.5 Å². The first-order valence-corrected chi connectivity index (χ1v) is 8.65. The van der Waals surface area contributed by atoms with E-state index in [1.54, 1.807) is 6.07 Å². The van der Waals surface area contributed by atoms with Crippen molar-refractivity contribution in [1.29, 1.82) is 0 Å². The molecule has 1 aromatic rings. The van der Waals surface area contributed by atoms with Crippen LogP contribution in [0.3, 0.4) is 0 Å². The van der Waals surface area contributed by atoms with Crippen molar-refractivity contribution >= 4 is 15.7 Å². The normalized spacial score (nSPS) is 17.1. The minimum atomic E-state index is -3.46. The van der Waals surface area contributed by atoms with Gasteiger partial charge >= 0.3 is 0 Å². The third-order valence-electron chi connectivity index (χ3n) is 3.77. The Labute approximate surface area is 119 Å². The van der Waals surface area contributed by atoms with Crippen molar-refractivity contribution in [2.45, 2.75) is 38.6 Å². The number of hydrogen-bond acceptors (Lipinski definition) is 3. The Morgan fingerprint density at radius 2 is 1.95 bits per heavy atom. The Morgan fingerprint density at radius 1 is 1.25 bits per heavy atom. The van der Waals surface area contributed by atoms with Crippen molar-refractivity contribution in [3.63, 3.8) is 0 Å². The molecule has 0 aromatic heterocycles. The van der Waals surface area contributed by atoms with Crippen LogP contribution in [0.25, 0.3) is 0 Å². The third-order valence-corrected chi connectivity index (χ3v) is 5.21. The summed E-state index contributed by atoms with van der Waals surface area (Å²) < 4.78 is 40.4. The fraction of sp³-hybridized carbons (Fsp3) is 0.571. The Balaban J connectivity index is 2.09. The van der Waals surface area contributed by atoms with Crippen LogP contribution in [0.5, 0.6) is 0 Å². The topological polar surface area (TPSA) is 72.2 Å². The lowest BCUT2D eigenvalue weighted by Gasteiger charge is -2.22. The molecule has 0 spiro atoms. The predicted octanol–water partition coefficient (Wildman–Crippen LogP) is 2.61. The monoisotopic (exact) mass is 300 g/mol. The van der Waals surface area contributed by atoms with Gasteiger partial charge in [-0.25, -0.2) is 12.8 Å².